The molecule has 2 nitrogen and oxygen atoms in total. The van der Waals surface area contributed by atoms with E-state index in [9.17, 15) is 8.78 Å². The molecule has 1 unspecified atom stereocenters. The smallest absolute Gasteiger partial charge is 0.131 e. The minimum atomic E-state index is -0.658. The lowest BCUT2D eigenvalue weighted by molar-refractivity contribution is 0.410. The molecule has 0 aliphatic rings. The van der Waals surface area contributed by atoms with Gasteiger partial charge in [-0.1, -0.05) is 17.7 Å². The molecule has 2 N–H and O–H groups in total. The normalized spacial score (nSPS) is 12.2. The molecule has 0 aliphatic heterocycles. The van der Waals surface area contributed by atoms with E-state index in [1.165, 1.54) is 31.4 Å². The molecule has 0 heterocycles. The Morgan fingerprint density at radius 2 is 1.90 bits per heavy atom. The summed E-state index contributed by atoms with van der Waals surface area (Å²) in [5, 5.41) is 0.420. The summed E-state index contributed by atoms with van der Waals surface area (Å²) in [6, 6.07) is 7.98. The van der Waals surface area contributed by atoms with Crippen LogP contribution in [0.1, 0.15) is 17.2 Å². The van der Waals surface area contributed by atoms with Crippen LogP contribution in [0, 0.1) is 11.6 Å². The second kappa shape index (κ2) is 6.20. The van der Waals surface area contributed by atoms with Crippen LogP contribution in [0.15, 0.2) is 36.4 Å². The first-order chi connectivity index (χ1) is 9.51. The van der Waals surface area contributed by atoms with Crippen molar-refractivity contribution in [2.75, 3.05) is 7.11 Å². The number of hydrogen-bond acceptors (Lipinski definition) is 2. The summed E-state index contributed by atoms with van der Waals surface area (Å²) in [4.78, 5) is 0. The molecule has 0 aliphatic carbocycles. The highest BCUT2D eigenvalue weighted by molar-refractivity contribution is 6.30. The van der Waals surface area contributed by atoms with Crippen LogP contribution in [-0.4, -0.2) is 7.11 Å². The van der Waals surface area contributed by atoms with E-state index < -0.39 is 17.7 Å². The van der Waals surface area contributed by atoms with Gasteiger partial charge in [-0.05, 0) is 36.2 Å². The Hall–Kier alpha value is -1.65. The van der Waals surface area contributed by atoms with Crippen LogP contribution < -0.4 is 10.5 Å². The molecular weight excluding hydrogens is 284 g/mol. The Morgan fingerprint density at radius 3 is 2.55 bits per heavy atom. The second-order valence-electron chi connectivity index (χ2n) is 4.43. The summed E-state index contributed by atoms with van der Waals surface area (Å²) in [5.41, 5.74) is 6.62. The molecule has 5 heteroatoms. The molecule has 2 rings (SSSR count). The van der Waals surface area contributed by atoms with Gasteiger partial charge in [0.2, 0.25) is 0 Å². The standard InChI is InChI=1S/C15H14ClF2NO/c1-20-11-3-4-12(14(18)8-11)15(19)7-9-6-10(16)2-5-13(9)17/h2-6,8,15H,7,19H2,1H3. The van der Waals surface area contributed by atoms with E-state index >= 15 is 0 Å². The summed E-state index contributed by atoms with van der Waals surface area (Å²) >= 11 is 5.82. The van der Waals surface area contributed by atoms with E-state index in [1.807, 2.05) is 0 Å². The number of ether oxygens (including phenoxy) is 1. The van der Waals surface area contributed by atoms with Crippen molar-refractivity contribution in [3.05, 3.63) is 64.2 Å². The molecule has 0 bridgehead atoms. The molecule has 0 radical (unpaired) electrons. The first kappa shape index (κ1) is 14.8. The van der Waals surface area contributed by atoms with Crippen molar-refractivity contribution in [1.29, 1.82) is 0 Å². The number of halogens is 3. The molecule has 1 atom stereocenters. The molecule has 2 aromatic carbocycles. The van der Waals surface area contributed by atoms with E-state index in [0.717, 1.165) is 0 Å². The van der Waals surface area contributed by atoms with Crippen LogP contribution >= 0.6 is 11.6 Å². The van der Waals surface area contributed by atoms with Gasteiger partial charge < -0.3 is 10.5 Å². The van der Waals surface area contributed by atoms with Crippen molar-refractivity contribution in [2.24, 2.45) is 5.73 Å². The molecule has 0 amide bonds. The number of rotatable bonds is 4. The summed E-state index contributed by atoms with van der Waals surface area (Å²) in [6.45, 7) is 0. The number of hydrogen-bond donors (Lipinski definition) is 1. The highest BCUT2D eigenvalue weighted by atomic mass is 35.5. The van der Waals surface area contributed by atoms with Crippen LogP contribution in [0.4, 0.5) is 8.78 Å². The van der Waals surface area contributed by atoms with Crippen molar-refractivity contribution in [3.63, 3.8) is 0 Å². The van der Waals surface area contributed by atoms with Crippen molar-refractivity contribution >= 4 is 11.6 Å². The molecule has 0 saturated carbocycles. The number of methoxy groups -OCH3 is 1. The highest BCUT2D eigenvalue weighted by Gasteiger charge is 2.15. The molecule has 0 saturated heterocycles. The molecule has 0 aromatic heterocycles. The van der Waals surface area contributed by atoms with Crippen LogP contribution in [0.3, 0.4) is 0 Å². The molecule has 106 valence electrons. The summed E-state index contributed by atoms with van der Waals surface area (Å²) in [6.07, 6.45) is 0.162. The average molecular weight is 298 g/mol. The van der Waals surface area contributed by atoms with Gasteiger partial charge in [0, 0.05) is 22.7 Å². The average Bonchev–Trinajstić information content (AvgIpc) is 2.42. The van der Waals surface area contributed by atoms with E-state index in [2.05, 4.69) is 0 Å². The number of nitrogens with two attached hydrogens (primary N) is 1. The van der Waals surface area contributed by atoms with Gasteiger partial charge in [-0.15, -0.1) is 0 Å². The van der Waals surface area contributed by atoms with Gasteiger partial charge in [0.05, 0.1) is 7.11 Å². The van der Waals surface area contributed by atoms with Gasteiger partial charge in [0.1, 0.15) is 17.4 Å². The fourth-order valence-corrected chi connectivity index (χ4v) is 2.18. The maximum atomic E-state index is 13.9. The fourth-order valence-electron chi connectivity index (χ4n) is 1.98. The first-order valence-electron chi connectivity index (χ1n) is 6.04. The molecule has 20 heavy (non-hydrogen) atoms. The van der Waals surface area contributed by atoms with Gasteiger partial charge in [0.25, 0.3) is 0 Å². The van der Waals surface area contributed by atoms with Crippen LogP contribution in [-0.2, 0) is 6.42 Å². The lowest BCUT2D eigenvalue weighted by Gasteiger charge is -2.14. The van der Waals surface area contributed by atoms with Gasteiger partial charge in [0.15, 0.2) is 0 Å². The van der Waals surface area contributed by atoms with E-state index in [4.69, 9.17) is 22.1 Å². The van der Waals surface area contributed by atoms with E-state index in [-0.39, 0.29) is 6.42 Å². The molecular formula is C15H14ClF2NO. The number of benzene rings is 2. The van der Waals surface area contributed by atoms with Gasteiger partial charge in [-0.25, -0.2) is 8.78 Å². The summed E-state index contributed by atoms with van der Waals surface area (Å²) in [5.74, 6) is -0.467. The predicted molar refractivity (Wildman–Crippen MR) is 75.0 cm³/mol. The lowest BCUT2D eigenvalue weighted by Crippen LogP contribution is -2.15. The van der Waals surface area contributed by atoms with Gasteiger partial charge in [-0.3, -0.25) is 0 Å². The predicted octanol–water partition coefficient (Wildman–Crippen LogP) is 3.87. The zero-order valence-electron chi connectivity index (χ0n) is 10.9. The molecule has 0 fully saturated rings. The van der Waals surface area contributed by atoms with Crippen molar-refractivity contribution < 1.29 is 13.5 Å². The van der Waals surface area contributed by atoms with Crippen LogP contribution in [0.25, 0.3) is 0 Å². The summed E-state index contributed by atoms with van der Waals surface area (Å²) in [7, 11) is 1.45. The Morgan fingerprint density at radius 1 is 1.15 bits per heavy atom. The topological polar surface area (TPSA) is 35.2 Å². The summed E-state index contributed by atoms with van der Waals surface area (Å²) < 4.78 is 32.5. The zero-order chi connectivity index (χ0) is 14.7. The van der Waals surface area contributed by atoms with Gasteiger partial charge in [-0.2, -0.15) is 0 Å². The maximum absolute atomic E-state index is 13.9. The van der Waals surface area contributed by atoms with E-state index in [0.29, 0.717) is 21.9 Å². The van der Waals surface area contributed by atoms with Crippen LogP contribution in [0.2, 0.25) is 5.02 Å². The Balaban J connectivity index is 2.23. The SMILES string of the molecule is COc1ccc(C(N)Cc2cc(Cl)ccc2F)c(F)c1. The monoisotopic (exact) mass is 297 g/mol. The molecule has 0 spiro atoms. The minimum absolute atomic E-state index is 0.162. The minimum Gasteiger partial charge on any atom is -0.497 e. The van der Waals surface area contributed by atoms with Crippen molar-refractivity contribution in [3.8, 4) is 5.75 Å². The van der Waals surface area contributed by atoms with E-state index in [1.54, 1.807) is 12.1 Å². The van der Waals surface area contributed by atoms with Crippen LogP contribution in [0.5, 0.6) is 5.75 Å². The first-order valence-corrected chi connectivity index (χ1v) is 6.42. The molecule has 2 aromatic rings. The second-order valence-corrected chi connectivity index (χ2v) is 4.87. The van der Waals surface area contributed by atoms with Crippen molar-refractivity contribution in [2.45, 2.75) is 12.5 Å². The third-order valence-electron chi connectivity index (χ3n) is 3.05. The lowest BCUT2D eigenvalue weighted by atomic mass is 9.99. The third kappa shape index (κ3) is 3.26. The largest absolute Gasteiger partial charge is 0.497 e. The quantitative estimate of drug-likeness (QED) is 0.930. The Labute approximate surface area is 121 Å². The highest BCUT2D eigenvalue weighted by Crippen LogP contribution is 2.25. The Kier molecular flexibility index (Phi) is 4.57. The fraction of sp³-hybridized carbons (Fsp3) is 0.200. The van der Waals surface area contributed by atoms with Gasteiger partial charge >= 0.3 is 0 Å². The maximum Gasteiger partial charge on any atom is 0.131 e. The third-order valence-corrected chi connectivity index (χ3v) is 3.29. The van der Waals surface area contributed by atoms with Crippen molar-refractivity contribution in [1.82, 2.24) is 0 Å². The Bertz CT molecular complexity index is 619. The zero-order valence-corrected chi connectivity index (χ0v) is 11.6.